The van der Waals surface area contributed by atoms with Crippen molar-refractivity contribution in [3.8, 4) is 5.69 Å². The second-order valence-corrected chi connectivity index (χ2v) is 8.77. The number of hydrogen-bond donors (Lipinski definition) is 2. The van der Waals surface area contributed by atoms with E-state index >= 15 is 0 Å². The third kappa shape index (κ3) is 5.82. The zero-order valence-electron chi connectivity index (χ0n) is 19.8. The molecule has 1 fully saturated rings. The third-order valence-electron chi connectivity index (χ3n) is 5.90. The van der Waals surface area contributed by atoms with Crippen LogP contribution in [-0.4, -0.2) is 51.7 Å². The van der Waals surface area contributed by atoms with Crippen LogP contribution in [0.3, 0.4) is 0 Å². The monoisotopic (exact) mass is 461 g/mol. The van der Waals surface area contributed by atoms with Crippen LogP contribution in [0.15, 0.2) is 67.3 Å². The smallest absolute Gasteiger partial charge is 0.315 e. The van der Waals surface area contributed by atoms with Gasteiger partial charge in [-0.3, -0.25) is 4.79 Å². The second kappa shape index (κ2) is 10.5. The van der Waals surface area contributed by atoms with Gasteiger partial charge in [-0.25, -0.2) is 9.78 Å². The first-order valence-corrected chi connectivity index (χ1v) is 11.6. The average Bonchev–Trinajstić information content (AvgIpc) is 3.37. The Morgan fingerprint density at radius 3 is 2.35 bits per heavy atom. The van der Waals surface area contributed by atoms with Crippen molar-refractivity contribution < 1.29 is 14.3 Å². The number of carbonyl (C=O) groups excluding carboxylic acids is 2. The Morgan fingerprint density at radius 1 is 1.06 bits per heavy atom. The molecular formula is C26H31N5O3. The number of benzene rings is 2. The topological polar surface area (TPSA) is 88.5 Å². The van der Waals surface area contributed by atoms with Crippen LogP contribution in [0.5, 0.6) is 0 Å². The molecule has 4 rings (SSSR count). The molecule has 0 saturated carbocycles. The molecule has 3 aromatic rings. The number of carbonyl (C=O) groups is 2. The number of imidazole rings is 1. The number of morpholine rings is 1. The Kier molecular flexibility index (Phi) is 7.27. The highest BCUT2D eigenvalue weighted by atomic mass is 16.5. The van der Waals surface area contributed by atoms with Gasteiger partial charge in [0, 0.05) is 43.3 Å². The molecule has 1 saturated heterocycles. The van der Waals surface area contributed by atoms with Crippen LogP contribution in [0.25, 0.3) is 5.69 Å². The summed E-state index contributed by atoms with van der Waals surface area (Å²) in [5.74, 6) is 0.00661. The van der Waals surface area contributed by atoms with E-state index in [0.717, 1.165) is 16.8 Å². The molecule has 178 valence electrons. The fourth-order valence-corrected chi connectivity index (χ4v) is 4.15. The van der Waals surface area contributed by atoms with Crippen LogP contribution in [0.2, 0.25) is 0 Å². The lowest BCUT2D eigenvalue weighted by Gasteiger charge is -2.35. The SMILES string of the molecule is CC1CN(C(=O)c2ccc(CNC(=O)NC(C)c3ccc(-n4ccnc4)cc3)cc2)CC(C)O1. The van der Waals surface area contributed by atoms with Crippen molar-refractivity contribution >= 4 is 11.9 Å². The lowest BCUT2D eigenvalue weighted by atomic mass is 10.1. The molecule has 0 spiro atoms. The van der Waals surface area contributed by atoms with E-state index in [4.69, 9.17) is 4.74 Å². The van der Waals surface area contributed by atoms with Crippen LogP contribution in [0.1, 0.15) is 48.3 Å². The highest BCUT2D eigenvalue weighted by molar-refractivity contribution is 5.94. The summed E-state index contributed by atoms with van der Waals surface area (Å²) in [6.07, 6.45) is 5.43. The minimum atomic E-state index is -0.248. The summed E-state index contributed by atoms with van der Waals surface area (Å²) < 4.78 is 7.63. The van der Waals surface area contributed by atoms with E-state index in [1.807, 2.05) is 85.0 Å². The maximum atomic E-state index is 12.8. The standard InChI is InChI=1S/C26H31N5O3/c1-18-15-31(16-19(2)34-18)25(32)23-6-4-21(5-7-23)14-28-26(33)29-20(3)22-8-10-24(11-9-22)30-13-12-27-17-30/h4-13,17-20H,14-16H2,1-3H3,(H2,28,29,33). The van der Waals surface area contributed by atoms with Gasteiger partial charge in [0.2, 0.25) is 0 Å². The van der Waals surface area contributed by atoms with Crippen molar-refractivity contribution in [1.82, 2.24) is 25.1 Å². The predicted molar refractivity (Wildman–Crippen MR) is 130 cm³/mol. The van der Waals surface area contributed by atoms with Gasteiger partial charge in [0.1, 0.15) is 0 Å². The Bertz CT molecular complexity index is 1090. The van der Waals surface area contributed by atoms with E-state index < -0.39 is 0 Å². The van der Waals surface area contributed by atoms with Crippen molar-refractivity contribution in [2.24, 2.45) is 0 Å². The van der Waals surface area contributed by atoms with Crippen molar-refractivity contribution in [3.63, 3.8) is 0 Å². The van der Waals surface area contributed by atoms with Gasteiger partial charge in [-0.1, -0.05) is 24.3 Å². The number of rotatable bonds is 6. The molecule has 34 heavy (non-hydrogen) atoms. The third-order valence-corrected chi connectivity index (χ3v) is 5.90. The number of aromatic nitrogens is 2. The molecule has 0 aliphatic carbocycles. The van der Waals surface area contributed by atoms with Gasteiger partial charge in [0.05, 0.1) is 24.6 Å². The van der Waals surface area contributed by atoms with Crippen molar-refractivity contribution in [1.29, 1.82) is 0 Å². The van der Waals surface area contributed by atoms with E-state index in [1.165, 1.54) is 0 Å². The minimum absolute atomic E-state index is 0.00661. The van der Waals surface area contributed by atoms with Crippen LogP contribution >= 0.6 is 0 Å². The number of nitrogens with zero attached hydrogens (tertiary/aromatic N) is 3. The Balaban J connectivity index is 1.26. The molecule has 2 heterocycles. The van der Waals surface area contributed by atoms with Crippen LogP contribution in [-0.2, 0) is 11.3 Å². The lowest BCUT2D eigenvalue weighted by Crippen LogP contribution is -2.48. The Labute approximate surface area is 199 Å². The molecule has 3 atom stereocenters. The summed E-state index contributed by atoms with van der Waals surface area (Å²) in [4.78, 5) is 31.1. The molecule has 3 amide bonds. The highest BCUT2D eigenvalue weighted by Crippen LogP contribution is 2.17. The maximum Gasteiger partial charge on any atom is 0.315 e. The van der Waals surface area contributed by atoms with Gasteiger partial charge in [-0.05, 0) is 56.2 Å². The molecule has 3 unspecified atom stereocenters. The number of urea groups is 1. The largest absolute Gasteiger partial charge is 0.372 e. The van der Waals surface area contributed by atoms with Gasteiger partial charge in [-0.15, -0.1) is 0 Å². The molecule has 1 aliphatic heterocycles. The molecule has 0 radical (unpaired) electrons. The van der Waals surface area contributed by atoms with Gasteiger partial charge < -0.3 is 24.8 Å². The highest BCUT2D eigenvalue weighted by Gasteiger charge is 2.26. The molecule has 1 aromatic heterocycles. The fraction of sp³-hybridized carbons (Fsp3) is 0.346. The van der Waals surface area contributed by atoms with Gasteiger partial charge in [-0.2, -0.15) is 0 Å². The summed E-state index contributed by atoms with van der Waals surface area (Å²) >= 11 is 0. The first kappa shape index (κ1) is 23.5. The zero-order chi connectivity index (χ0) is 24.1. The van der Waals surface area contributed by atoms with Crippen LogP contribution in [0, 0.1) is 0 Å². The molecule has 0 bridgehead atoms. The zero-order valence-corrected chi connectivity index (χ0v) is 19.8. The van der Waals surface area contributed by atoms with Crippen molar-refractivity contribution in [2.75, 3.05) is 13.1 Å². The molecule has 8 nitrogen and oxygen atoms in total. The van der Waals surface area contributed by atoms with Crippen LogP contribution < -0.4 is 10.6 Å². The van der Waals surface area contributed by atoms with E-state index in [1.54, 1.807) is 12.5 Å². The minimum Gasteiger partial charge on any atom is -0.372 e. The summed E-state index contributed by atoms with van der Waals surface area (Å²) in [5, 5.41) is 5.84. The van der Waals surface area contributed by atoms with Crippen molar-refractivity contribution in [3.05, 3.63) is 83.9 Å². The molecule has 2 aromatic carbocycles. The fourth-order valence-electron chi connectivity index (χ4n) is 4.15. The summed E-state index contributed by atoms with van der Waals surface area (Å²) in [5.41, 5.74) is 3.58. The normalized spacial score (nSPS) is 18.9. The molecule has 1 aliphatic rings. The van der Waals surface area contributed by atoms with E-state index in [2.05, 4.69) is 15.6 Å². The molecule has 2 N–H and O–H groups in total. The lowest BCUT2D eigenvalue weighted by molar-refractivity contribution is -0.0586. The van der Waals surface area contributed by atoms with E-state index in [-0.39, 0.29) is 30.2 Å². The van der Waals surface area contributed by atoms with Gasteiger partial charge in [0.25, 0.3) is 5.91 Å². The summed E-state index contributed by atoms with van der Waals surface area (Å²) in [6, 6.07) is 15.0. The molecular weight excluding hydrogens is 430 g/mol. The maximum absolute atomic E-state index is 12.8. The van der Waals surface area contributed by atoms with Crippen molar-refractivity contribution in [2.45, 2.75) is 45.6 Å². The van der Waals surface area contributed by atoms with Crippen LogP contribution in [0.4, 0.5) is 4.79 Å². The number of amides is 3. The predicted octanol–water partition coefficient (Wildman–Crippen LogP) is 3.68. The van der Waals surface area contributed by atoms with Gasteiger partial charge >= 0.3 is 6.03 Å². The Hall–Kier alpha value is -3.65. The number of hydrogen-bond acceptors (Lipinski definition) is 4. The Morgan fingerprint density at radius 2 is 1.74 bits per heavy atom. The average molecular weight is 462 g/mol. The second-order valence-electron chi connectivity index (χ2n) is 8.77. The summed E-state index contributed by atoms with van der Waals surface area (Å²) in [6.45, 7) is 7.46. The first-order valence-electron chi connectivity index (χ1n) is 11.6. The quantitative estimate of drug-likeness (QED) is 0.586. The number of ether oxygens (including phenoxy) is 1. The summed E-state index contributed by atoms with van der Waals surface area (Å²) in [7, 11) is 0. The molecule has 8 heteroatoms. The first-order chi connectivity index (χ1) is 16.4. The van der Waals surface area contributed by atoms with E-state index in [9.17, 15) is 9.59 Å². The van der Waals surface area contributed by atoms with Gasteiger partial charge in [0.15, 0.2) is 0 Å². The van der Waals surface area contributed by atoms with E-state index in [0.29, 0.717) is 25.2 Å². The number of nitrogens with one attached hydrogen (secondary N) is 2.